The van der Waals surface area contributed by atoms with Crippen molar-refractivity contribution in [3.8, 4) is 5.75 Å². The van der Waals surface area contributed by atoms with Crippen LogP contribution in [0.4, 0.5) is 31.1 Å². The van der Waals surface area contributed by atoms with Crippen LogP contribution in [-0.2, 0) is 23.2 Å². The number of nitrogens with one attached hydrogen (secondary N) is 1. The van der Waals surface area contributed by atoms with Gasteiger partial charge in [0.25, 0.3) is 0 Å². The molecule has 11 heteroatoms. The molecule has 0 spiro atoms. The van der Waals surface area contributed by atoms with E-state index < -0.39 is 47.2 Å². The van der Waals surface area contributed by atoms with Crippen molar-refractivity contribution in [2.75, 3.05) is 0 Å². The molecule has 0 saturated heterocycles. The van der Waals surface area contributed by atoms with Crippen molar-refractivity contribution in [1.82, 2.24) is 5.32 Å². The van der Waals surface area contributed by atoms with Gasteiger partial charge in [-0.05, 0) is 68.1 Å². The van der Waals surface area contributed by atoms with Crippen LogP contribution in [0, 0.1) is 11.6 Å². The van der Waals surface area contributed by atoms with E-state index in [9.17, 15) is 31.1 Å². The summed E-state index contributed by atoms with van der Waals surface area (Å²) in [5, 5.41) is 2.44. The quantitative estimate of drug-likeness (QED) is 0.290. The number of ether oxygens (including phenoxy) is 2. The fraction of sp³-hybridized carbons (Fsp3) is 0.321. The summed E-state index contributed by atoms with van der Waals surface area (Å²) in [5.41, 5.74) is 5.14. The Balaban J connectivity index is 2.06. The van der Waals surface area contributed by atoms with Crippen LogP contribution in [0.15, 0.2) is 66.7 Å². The number of amides is 1. The molecular weight excluding hydrogens is 526 g/mol. The Labute approximate surface area is 221 Å². The van der Waals surface area contributed by atoms with Crippen molar-refractivity contribution in [1.29, 1.82) is 0 Å². The molecular formula is C28H28F6N2O3. The summed E-state index contributed by atoms with van der Waals surface area (Å²) < 4.78 is 91.2. The number of hydrogen-bond donors (Lipinski definition) is 2. The highest BCUT2D eigenvalue weighted by Gasteiger charge is 2.44. The predicted octanol–water partition coefficient (Wildman–Crippen LogP) is 6.67. The topological polar surface area (TPSA) is 73.6 Å². The van der Waals surface area contributed by atoms with Crippen LogP contribution < -0.4 is 15.8 Å². The highest BCUT2D eigenvalue weighted by Crippen LogP contribution is 2.36. The number of rotatable bonds is 9. The predicted molar refractivity (Wildman–Crippen MR) is 133 cm³/mol. The highest BCUT2D eigenvalue weighted by molar-refractivity contribution is 5.67. The van der Waals surface area contributed by atoms with Crippen molar-refractivity contribution in [3.63, 3.8) is 0 Å². The van der Waals surface area contributed by atoms with Crippen molar-refractivity contribution in [2.24, 2.45) is 5.73 Å². The van der Waals surface area contributed by atoms with E-state index in [4.69, 9.17) is 10.5 Å². The van der Waals surface area contributed by atoms with Gasteiger partial charge in [0.1, 0.15) is 23.0 Å². The molecule has 1 unspecified atom stereocenters. The van der Waals surface area contributed by atoms with Gasteiger partial charge in [-0.2, -0.15) is 17.6 Å². The Morgan fingerprint density at radius 3 is 2.23 bits per heavy atom. The number of hydrogen-bond acceptors (Lipinski definition) is 4. The normalized spacial score (nSPS) is 13.6. The molecule has 0 bridgehead atoms. The number of benzene rings is 3. The third kappa shape index (κ3) is 7.89. The van der Waals surface area contributed by atoms with Gasteiger partial charge in [-0.3, -0.25) is 0 Å². The molecule has 3 rings (SSSR count). The number of alkyl halides is 4. The SMILES string of the molecule is CC(C)(C)OC(=O)NCc1cc(C(N)(Cc2ccccc2)c2cc(F)cc(OC(F)(F)C(F)F)c2)ccc1F. The lowest BCUT2D eigenvalue weighted by molar-refractivity contribution is -0.253. The zero-order valence-corrected chi connectivity index (χ0v) is 21.4. The molecule has 5 nitrogen and oxygen atoms in total. The first-order chi connectivity index (χ1) is 18.1. The number of nitrogens with two attached hydrogens (primary N) is 1. The zero-order valence-electron chi connectivity index (χ0n) is 21.4. The first-order valence-corrected chi connectivity index (χ1v) is 11.8. The fourth-order valence-corrected chi connectivity index (χ4v) is 3.84. The third-order valence-electron chi connectivity index (χ3n) is 5.60. The summed E-state index contributed by atoms with van der Waals surface area (Å²) in [6.45, 7) is 4.70. The van der Waals surface area contributed by atoms with E-state index in [2.05, 4.69) is 10.1 Å². The van der Waals surface area contributed by atoms with Gasteiger partial charge in [-0.1, -0.05) is 36.4 Å². The van der Waals surface area contributed by atoms with Crippen LogP contribution in [0.5, 0.6) is 5.75 Å². The summed E-state index contributed by atoms with van der Waals surface area (Å²) in [6.07, 6.45) is -9.85. The molecule has 1 amide bonds. The van der Waals surface area contributed by atoms with Gasteiger partial charge >= 0.3 is 18.6 Å². The summed E-state index contributed by atoms with van der Waals surface area (Å²) in [6, 6.07) is 14.8. The minimum Gasteiger partial charge on any atom is -0.444 e. The van der Waals surface area contributed by atoms with Gasteiger partial charge in [-0.15, -0.1) is 0 Å². The van der Waals surface area contributed by atoms with Gasteiger partial charge in [0.15, 0.2) is 0 Å². The minimum atomic E-state index is -4.88. The molecule has 3 N–H and O–H groups in total. The van der Waals surface area contributed by atoms with E-state index in [1.807, 2.05) is 0 Å². The third-order valence-corrected chi connectivity index (χ3v) is 5.60. The Kier molecular flexibility index (Phi) is 8.84. The fourth-order valence-electron chi connectivity index (χ4n) is 3.84. The summed E-state index contributed by atoms with van der Waals surface area (Å²) in [4.78, 5) is 12.1. The monoisotopic (exact) mass is 554 g/mol. The maximum absolute atomic E-state index is 14.7. The van der Waals surface area contributed by atoms with Crippen molar-refractivity contribution < 1.29 is 40.6 Å². The van der Waals surface area contributed by atoms with E-state index >= 15 is 0 Å². The molecule has 3 aromatic carbocycles. The van der Waals surface area contributed by atoms with Gasteiger partial charge in [0, 0.05) is 18.2 Å². The zero-order chi connectivity index (χ0) is 29.0. The molecule has 39 heavy (non-hydrogen) atoms. The van der Waals surface area contributed by atoms with Crippen LogP contribution in [0.25, 0.3) is 0 Å². The molecule has 0 aromatic heterocycles. The molecule has 0 aliphatic rings. The van der Waals surface area contributed by atoms with Crippen LogP contribution in [-0.4, -0.2) is 24.2 Å². The molecule has 3 aromatic rings. The van der Waals surface area contributed by atoms with Gasteiger partial charge in [0.05, 0.1) is 5.54 Å². The minimum absolute atomic E-state index is 0.0124. The maximum Gasteiger partial charge on any atom is 0.461 e. The van der Waals surface area contributed by atoms with Crippen molar-refractivity contribution in [3.05, 3.63) is 101 Å². The van der Waals surface area contributed by atoms with Crippen LogP contribution in [0.3, 0.4) is 0 Å². The van der Waals surface area contributed by atoms with E-state index in [0.29, 0.717) is 11.6 Å². The molecule has 0 saturated carbocycles. The number of halogens is 6. The second-order valence-electron chi connectivity index (χ2n) is 9.94. The second kappa shape index (κ2) is 11.6. The highest BCUT2D eigenvalue weighted by atomic mass is 19.3. The van der Waals surface area contributed by atoms with Gasteiger partial charge in [0.2, 0.25) is 0 Å². The molecule has 0 radical (unpaired) electrons. The average Bonchev–Trinajstić information content (AvgIpc) is 2.82. The smallest absolute Gasteiger partial charge is 0.444 e. The van der Waals surface area contributed by atoms with E-state index in [-0.39, 0.29) is 29.7 Å². The number of carbonyl (C=O) groups excluding carboxylic acids is 1. The lowest BCUT2D eigenvalue weighted by Crippen LogP contribution is -2.41. The standard InChI is InChI=1S/C28H28F6N2O3/c1-26(2,3)39-25(37)36-16-18-11-19(9-10-23(18)30)27(35,15-17-7-5-4-6-8-17)20-12-21(29)14-22(13-20)38-28(33,34)24(31)32/h4-14,24H,15-16,35H2,1-3H3,(H,36,37). The Morgan fingerprint density at radius 2 is 1.62 bits per heavy atom. The second-order valence-corrected chi connectivity index (χ2v) is 9.94. The van der Waals surface area contributed by atoms with E-state index in [1.165, 1.54) is 12.1 Å². The number of carbonyl (C=O) groups is 1. The number of alkyl carbamates (subject to hydrolysis) is 1. The molecule has 0 heterocycles. The first kappa shape index (κ1) is 29.8. The van der Waals surface area contributed by atoms with Crippen LogP contribution in [0.2, 0.25) is 0 Å². The van der Waals surface area contributed by atoms with Crippen molar-refractivity contribution in [2.45, 2.75) is 57.4 Å². The molecule has 1 atom stereocenters. The first-order valence-electron chi connectivity index (χ1n) is 11.8. The summed E-state index contributed by atoms with van der Waals surface area (Å²) in [5.74, 6) is -2.62. The average molecular weight is 555 g/mol. The van der Waals surface area contributed by atoms with Crippen LogP contribution >= 0.6 is 0 Å². The van der Waals surface area contributed by atoms with Crippen LogP contribution in [0.1, 0.15) is 43.0 Å². The largest absolute Gasteiger partial charge is 0.461 e. The van der Waals surface area contributed by atoms with Gasteiger partial charge < -0.3 is 20.5 Å². The molecule has 210 valence electrons. The summed E-state index contributed by atoms with van der Waals surface area (Å²) in [7, 11) is 0. The Bertz CT molecular complexity index is 1300. The molecule has 0 aliphatic carbocycles. The lowest BCUT2D eigenvalue weighted by atomic mass is 9.78. The lowest BCUT2D eigenvalue weighted by Gasteiger charge is -2.32. The Morgan fingerprint density at radius 1 is 0.949 bits per heavy atom. The van der Waals surface area contributed by atoms with E-state index in [1.54, 1.807) is 51.1 Å². The maximum atomic E-state index is 14.7. The Hall–Kier alpha value is -3.73. The molecule has 0 aliphatic heterocycles. The molecule has 0 fully saturated rings. The van der Waals surface area contributed by atoms with Gasteiger partial charge in [-0.25, -0.2) is 13.6 Å². The van der Waals surface area contributed by atoms with E-state index in [0.717, 1.165) is 18.2 Å². The van der Waals surface area contributed by atoms with Crippen molar-refractivity contribution >= 4 is 6.09 Å². The summed E-state index contributed by atoms with van der Waals surface area (Å²) >= 11 is 0.